The first-order valence-electron chi connectivity index (χ1n) is 10.8. The number of hydrogen-bond acceptors (Lipinski definition) is 0. The van der Waals surface area contributed by atoms with Gasteiger partial charge in [-0.3, -0.25) is 0 Å². The summed E-state index contributed by atoms with van der Waals surface area (Å²) < 4.78 is 5.88. The number of unbranched alkanes of at least 4 members (excludes halogenated alkanes) is 1. The van der Waals surface area contributed by atoms with Crippen LogP contribution in [0.25, 0.3) is 6.08 Å². The molecule has 0 saturated carbocycles. The summed E-state index contributed by atoms with van der Waals surface area (Å²) in [5, 5.41) is 0. The van der Waals surface area contributed by atoms with Crippen molar-refractivity contribution >= 4 is 6.08 Å². The van der Waals surface area contributed by atoms with Gasteiger partial charge in [-0.15, -0.1) is 0 Å². The predicted octanol–water partition coefficient (Wildman–Crippen LogP) is 8.11. The molecule has 1 heteroatoms. The van der Waals surface area contributed by atoms with E-state index in [-0.39, 0.29) is 0 Å². The van der Waals surface area contributed by atoms with Crippen LogP contribution in [0.2, 0.25) is 18.4 Å². The molecule has 0 radical (unpaired) electrons. The van der Waals surface area contributed by atoms with E-state index in [9.17, 15) is 0 Å². The number of fused-ring (bicyclic) bond motifs is 1. The molecule has 1 heterocycles. The van der Waals surface area contributed by atoms with Crippen molar-refractivity contribution in [1.82, 2.24) is 0 Å². The molecule has 1 aromatic carbocycles. The predicted molar refractivity (Wildman–Crippen MR) is 112 cm³/mol. The summed E-state index contributed by atoms with van der Waals surface area (Å²) in [5.41, 5.74) is 5.14. The topological polar surface area (TPSA) is 0 Å². The molecule has 2 aliphatic carbocycles. The first-order chi connectivity index (χ1) is 12.6. The molecule has 4 atom stereocenters. The van der Waals surface area contributed by atoms with E-state index in [1.807, 2.05) is 0 Å². The van der Waals surface area contributed by atoms with Crippen molar-refractivity contribution in [3.8, 4) is 0 Å². The van der Waals surface area contributed by atoms with Crippen LogP contribution in [-0.4, -0.2) is 0 Å². The molecule has 0 amide bonds. The second kappa shape index (κ2) is 7.29. The van der Waals surface area contributed by atoms with Crippen LogP contribution in [0, 0.1) is 5.41 Å². The molecule has 138 valence electrons. The molecule has 1 aliphatic heterocycles. The first-order valence-corrected chi connectivity index (χ1v) is 15.0. The van der Waals surface area contributed by atoms with Crippen LogP contribution >= 0.6 is 0 Å². The minimum atomic E-state index is -1.68. The number of rotatable bonds is 8. The Morgan fingerprint density at radius 3 is 2.65 bits per heavy atom. The van der Waals surface area contributed by atoms with Crippen molar-refractivity contribution in [1.29, 1.82) is 0 Å². The fraction of sp³-hybridized carbons (Fsp3) is 0.520. The Morgan fingerprint density at radius 1 is 1.19 bits per heavy atom. The van der Waals surface area contributed by atoms with E-state index in [1.54, 1.807) is 25.3 Å². The van der Waals surface area contributed by atoms with Crippen molar-refractivity contribution in [3.63, 3.8) is 0 Å². The van der Waals surface area contributed by atoms with E-state index in [2.05, 4.69) is 75.4 Å². The van der Waals surface area contributed by atoms with Crippen LogP contribution in [-0.2, 0) is 16.6 Å². The molecule has 1 saturated heterocycles. The molecule has 4 rings (SSSR count). The van der Waals surface area contributed by atoms with E-state index < -0.39 is 16.6 Å². The van der Waals surface area contributed by atoms with Crippen LogP contribution < -0.4 is 0 Å². The molecular weight excluding hydrogens is 348 g/mol. The quantitative estimate of drug-likeness (QED) is 0.398. The van der Waals surface area contributed by atoms with Gasteiger partial charge in [0.15, 0.2) is 0 Å². The third kappa shape index (κ3) is 3.04. The molecule has 3 aliphatic rings. The molecule has 4 unspecified atom stereocenters. The summed E-state index contributed by atoms with van der Waals surface area (Å²) in [6, 6.07) is 9.14. The number of allylic oxidation sites excluding steroid dienone is 5. The zero-order chi connectivity index (χ0) is 18.2. The molecular formula is C25H34Ti. The summed E-state index contributed by atoms with van der Waals surface area (Å²) >= 11 is -1.68. The second-order valence-corrected chi connectivity index (χ2v) is 16.8. The van der Waals surface area contributed by atoms with Gasteiger partial charge in [0.2, 0.25) is 0 Å². The molecule has 0 bridgehead atoms. The van der Waals surface area contributed by atoms with Crippen LogP contribution in [0.1, 0.15) is 63.5 Å². The van der Waals surface area contributed by atoms with Crippen molar-refractivity contribution in [2.45, 2.75) is 70.8 Å². The molecule has 0 nitrogen and oxygen atoms in total. The van der Waals surface area contributed by atoms with Gasteiger partial charge in [-0.25, -0.2) is 0 Å². The fourth-order valence-electron chi connectivity index (χ4n) is 5.93. The van der Waals surface area contributed by atoms with Gasteiger partial charge >= 0.3 is 164 Å². The summed E-state index contributed by atoms with van der Waals surface area (Å²) in [6.07, 6.45) is 17.4. The summed E-state index contributed by atoms with van der Waals surface area (Å²) in [7, 11) is 0. The summed E-state index contributed by atoms with van der Waals surface area (Å²) in [4.78, 5) is 0. The van der Waals surface area contributed by atoms with Crippen LogP contribution in [0.15, 0.2) is 54.1 Å². The zero-order valence-corrected chi connectivity index (χ0v) is 18.4. The van der Waals surface area contributed by atoms with Crippen molar-refractivity contribution < 1.29 is 16.6 Å². The van der Waals surface area contributed by atoms with Gasteiger partial charge in [0.05, 0.1) is 0 Å². The zero-order valence-electron chi connectivity index (χ0n) is 16.8. The minimum absolute atomic E-state index is 0.366. The van der Waals surface area contributed by atoms with Crippen LogP contribution in [0.5, 0.6) is 0 Å². The van der Waals surface area contributed by atoms with E-state index in [1.165, 1.54) is 31.2 Å². The SMILES string of the molecule is CCC[CH2][Ti]1([CH2]C(CC)(C2=CC=CC2)C2C=Cc3ccccc32)[CH2][CH]1C. The molecule has 0 spiro atoms. The van der Waals surface area contributed by atoms with Gasteiger partial charge in [0.25, 0.3) is 0 Å². The Kier molecular flexibility index (Phi) is 5.19. The Hall–Kier alpha value is -0.846. The standard InChI is InChI=1S/C18H19.C4H9.C3H6.Ti/c1-3-18(2,15-9-5-6-10-15)17-13-12-14-8-4-7-11-16(14)17;1-3-4-2;1-3-2;/h4-9,11-13,17H,2-3,10H2,1H3;1,3-4H2,2H3;3H,1H2,2H3;. The molecule has 0 aromatic heterocycles. The fourth-order valence-corrected chi connectivity index (χ4v) is 16.3. The molecule has 1 fully saturated rings. The van der Waals surface area contributed by atoms with Gasteiger partial charge in [-0.2, -0.15) is 0 Å². The number of hydrogen-bond donors (Lipinski definition) is 0. The normalized spacial score (nSPS) is 31.0. The Balaban J connectivity index is 1.73. The number of benzene rings is 1. The average Bonchev–Trinajstić information content (AvgIpc) is 3.11. The van der Waals surface area contributed by atoms with Gasteiger partial charge in [-0.05, 0) is 0 Å². The Morgan fingerprint density at radius 2 is 2.00 bits per heavy atom. The first kappa shape index (κ1) is 18.5. The van der Waals surface area contributed by atoms with Crippen molar-refractivity contribution in [3.05, 3.63) is 65.3 Å². The third-order valence-electron chi connectivity index (χ3n) is 7.73. The summed E-state index contributed by atoms with van der Waals surface area (Å²) in [5.74, 6) is 0.590. The average molecular weight is 382 g/mol. The van der Waals surface area contributed by atoms with Crippen molar-refractivity contribution in [2.75, 3.05) is 0 Å². The molecule has 26 heavy (non-hydrogen) atoms. The van der Waals surface area contributed by atoms with Gasteiger partial charge in [0.1, 0.15) is 0 Å². The maximum atomic E-state index is 2.58. The summed E-state index contributed by atoms with van der Waals surface area (Å²) in [6.45, 7) is 7.42. The van der Waals surface area contributed by atoms with Crippen molar-refractivity contribution in [2.24, 2.45) is 5.41 Å². The Labute approximate surface area is 163 Å². The van der Waals surface area contributed by atoms with Crippen LogP contribution in [0.3, 0.4) is 0 Å². The second-order valence-electron chi connectivity index (χ2n) is 9.05. The molecule has 1 aromatic rings. The van der Waals surface area contributed by atoms with E-state index in [0.717, 1.165) is 4.22 Å². The van der Waals surface area contributed by atoms with Gasteiger partial charge in [-0.1, -0.05) is 0 Å². The maximum absolute atomic E-state index is 2.58. The third-order valence-corrected chi connectivity index (χ3v) is 16.9. The Bertz CT molecular complexity index is 755. The van der Waals surface area contributed by atoms with Gasteiger partial charge in [0, 0.05) is 0 Å². The van der Waals surface area contributed by atoms with E-state index in [0.29, 0.717) is 11.3 Å². The van der Waals surface area contributed by atoms with E-state index >= 15 is 0 Å². The monoisotopic (exact) mass is 382 g/mol. The molecule has 0 N–H and O–H groups in total. The van der Waals surface area contributed by atoms with Gasteiger partial charge < -0.3 is 0 Å². The van der Waals surface area contributed by atoms with E-state index in [4.69, 9.17) is 0 Å². The van der Waals surface area contributed by atoms with Crippen LogP contribution in [0.4, 0.5) is 0 Å².